The van der Waals surface area contributed by atoms with Crippen LogP contribution in [0.15, 0.2) is 16.5 Å². The lowest BCUT2D eigenvalue weighted by molar-refractivity contribution is -0.132. The summed E-state index contributed by atoms with van der Waals surface area (Å²) in [4.78, 5) is 14.4. The highest BCUT2D eigenvalue weighted by atomic mass is 16.3. The Morgan fingerprint density at radius 3 is 2.92 bits per heavy atom. The molecule has 6 heteroatoms. The number of carbonyl (C=O) groups excluding carboxylic acids is 1. The first-order chi connectivity index (χ1) is 11.7. The van der Waals surface area contributed by atoms with Crippen molar-refractivity contribution in [1.82, 2.24) is 19.7 Å². The fraction of sp³-hybridized carbons (Fsp3) is 0.611. The quantitative estimate of drug-likeness (QED) is 0.846. The van der Waals surface area contributed by atoms with Crippen LogP contribution in [0.4, 0.5) is 0 Å². The van der Waals surface area contributed by atoms with Crippen LogP contribution in [0.5, 0.6) is 0 Å². The number of furan rings is 1. The van der Waals surface area contributed by atoms with E-state index >= 15 is 0 Å². The van der Waals surface area contributed by atoms with E-state index in [0.717, 1.165) is 48.6 Å². The fourth-order valence-electron chi connectivity index (χ4n) is 3.53. The van der Waals surface area contributed by atoms with Crippen molar-refractivity contribution in [2.75, 3.05) is 6.54 Å². The van der Waals surface area contributed by atoms with Gasteiger partial charge in [0.25, 0.3) is 0 Å². The molecule has 4 rings (SSSR count). The SMILES string of the molecule is CCc1nnc2n1CCN(C(=O)CCc1ccc(C3CC3C)o1)C2. The van der Waals surface area contributed by atoms with Crippen molar-refractivity contribution in [3.05, 3.63) is 35.3 Å². The Balaban J connectivity index is 1.32. The molecular formula is C18H24N4O2. The summed E-state index contributed by atoms with van der Waals surface area (Å²) in [5.41, 5.74) is 0. The van der Waals surface area contributed by atoms with Crippen molar-refractivity contribution in [3.63, 3.8) is 0 Å². The molecule has 0 radical (unpaired) electrons. The van der Waals surface area contributed by atoms with Crippen LogP contribution >= 0.6 is 0 Å². The predicted molar refractivity (Wildman–Crippen MR) is 88.4 cm³/mol. The molecule has 0 saturated heterocycles. The van der Waals surface area contributed by atoms with Crippen molar-refractivity contribution < 1.29 is 9.21 Å². The van der Waals surface area contributed by atoms with E-state index in [0.29, 0.717) is 25.3 Å². The van der Waals surface area contributed by atoms with Crippen molar-refractivity contribution in [3.8, 4) is 0 Å². The van der Waals surface area contributed by atoms with E-state index in [-0.39, 0.29) is 5.91 Å². The second-order valence-electron chi connectivity index (χ2n) is 6.98. The Morgan fingerprint density at radius 1 is 1.33 bits per heavy atom. The maximum Gasteiger partial charge on any atom is 0.223 e. The molecule has 2 unspecified atom stereocenters. The van der Waals surface area contributed by atoms with Crippen LogP contribution in [0.3, 0.4) is 0 Å². The van der Waals surface area contributed by atoms with Crippen molar-refractivity contribution in [1.29, 1.82) is 0 Å². The topological polar surface area (TPSA) is 64.2 Å². The van der Waals surface area contributed by atoms with Gasteiger partial charge >= 0.3 is 0 Å². The second-order valence-corrected chi connectivity index (χ2v) is 6.98. The van der Waals surface area contributed by atoms with Gasteiger partial charge in [-0.25, -0.2) is 0 Å². The van der Waals surface area contributed by atoms with Crippen LogP contribution < -0.4 is 0 Å². The third-order valence-corrected chi connectivity index (χ3v) is 5.24. The summed E-state index contributed by atoms with van der Waals surface area (Å²) >= 11 is 0. The summed E-state index contributed by atoms with van der Waals surface area (Å²) in [7, 11) is 0. The van der Waals surface area contributed by atoms with E-state index in [1.807, 2.05) is 11.0 Å². The summed E-state index contributed by atoms with van der Waals surface area (Å²) < 4.78 is 8.03. The van der Waals surface area contributed by atoms with Gasteiger partial charge in [0.2, 0.25) is 5.91 Å². The average molecular weight is 328 g/mol. The normalized spacial score (nSPS) is 22.5. The predicted octanol–water partition coefficient (Wildman–Crippen LogP) is 2.53. The first kappa shape index (κ1) is 15.4. The van der Waals surface area contributed by atoms with Crippen molar-refractivity contribution >= 4 is 5.91 Å². The zero-order valence-electron chi connectivity index (χ0n) is 14.4. The number of amides is 1. The first-order valence-electron chi connectivity index (χ1n) is 8.93. The number of hydrogen-bond donors (Lipinski definition) is 0. The lowest BCUT2D eigenvalue weighted by atomic mass is 10.2. The van der Waals surface area contributed by atoms with Gasteiger partial charge in [-0.05, 0) is 24.5 Å². The molecular weight excluding hydrogens is 304 g/mol. The van der Waals surface area contributed by atoms with Gasteiger partial charge in [0.15, 0.2) is 5.82 Å². The molecule has 24 heavy (non-hydrogen) atoms. The molecule has 1 aliphatic carbocycles. The molecule has 2 aromatic rings. The number of aryl methyl sites for hydroxylation is 2. The van der Waals surface area contributed by atoms with Crippen LogP contribution in [0.1, 0.15) is 55.8 Å². The van der Waals surface area contributed by atoms with E-state index < -0.39 is 0 Å². The maximum atomic E-state index is 12.5. The van der Waals surface area contributed by atoms with Crippen LogP contribution in [-0.2, 0) is 30.7 Å². The molecule has 2 atom stereocenters. The van der Waals surface area contributed by atoms with Gasteiger partial charge in [-0.2, -0.15) is 0 Å². The number of nitrogens with zero attached hydrogens (tertiary/aromatic N) is 4. The summed E-state index contributed by atoms with van der Waals surface area (Å²) in [5, 5.41) is 8.41. The third-order valence-electron chi connectivity index (χ3n) is 5.24. The Kier molecular flexibility index (Phi) is 3.90. The molecule has 0 aromatic carbocycles. The minimum atomic E-state index is 0.167. The first-order valence-corrected chi connectivity index (χ1v) is 8.93. The molecule has 6 nitrogen and oxygen atoms in total. The monoisotopic (exact) mass is 328 g/mol. The van der Waals surface area contributed by atoms with E-state index in [2.05, 4.69) is 34.7 Å². The molecule has 0 N–H and O–H groups in total. The van der Waals surface area contributed by atoms with Gasteiger partial charge in [0.05, 0.1) is 6.54 Å². The number of aromatic nitrogens is 3. The van der Waals surface area contributed by atoms with Gasteiger partial charge in [0.1, 0.15) is 17.3 Å². The molecule has 2 aromatic heterocycles. The van der Waals surface area contributed by atoms with E-state index in [9.17, 15) is 4.79 Å². The number of carbonyl (C=O) groups is 1. The Hall–Kier alpha value is -2.11. The Morgan fingerprint density at radius 2 is 2.17 bits per heavy atom. The zero-order chi connectivity index (χ0) is 16.7. The number of fused-ring (bicyclic) bond motifs is 1. The van der Waals surface area contributed by atoms with Crippen LogP contribution in [-0.4, -0.2) is 32.1 Å². The minimum absolute atomic E-state index is 0.167. The summed E-state index contributed by atoms with van der Waals surface area (Å²) in [5.74, 6) is 5.41. The van der Waals surface area contributed by atoms with Gasteiger partial charge in [-0.1, -0.05) is 13.8 Å². The molecule has 128 valence electrons. The molecule has 1 saturated carbocycles. The van der Waals surface area contributed by atoms with E-state index in [4.69, 9.17) is 4.42 Å². The molecule has 1 aliphatic heterocycles. The van der Waals surface area contributed by atoms with Crippen LogP contribution in [0.2, 0.25) is 0 Å². The Labute approximate surface area is 141 Å². The third kappa shape index (κ3) is 2.85. The molecule has 3 heterocycles. The van der Waals surface area contributed by atoms with Crippen LogP contribution in [0, 0.1) is 5.92 Å². The molecule has 2 aliphatic rings. The highest BCUT2D eigenvalue weighted by Gasteiger charge is 2.36. The highest BCUT2D eigenvalue weighted by Crippen LogP contribution is 2.47. The lowest BCUT2D eigenvalue weighted by Crippen LogP contribution is -2.38. The van der Waals surface area contributed by atoms with Gasteiger partial charge in [0, 0.05) is 38.3 Å². The number of rotatable bonds is 5. The van der Waals surface area contributed by atoms with E-state index in [1.54, 1.807) is 0 Å². The molecule has 0 spiro atoms. The lowest BCUT2D eigenvalue weighted by Gasteiger charge is -2.27. The number of hydrogen-bond acceptors (Lipinski definition) is 4. The molecule has 1 fully saturated rings. The van der Waals surface area contributed by atoms with Gasteiger partial charge in [-0.15, -0.1) is 10.2 Å². The van der Waals surface area contributed by atoms with Crippen molar-refractivity contribution in [2.45, 2.75) is 58.5 Å². The summed E-state index contributed by atoms with van der Waals surface area (Å²) in [6.45, 7) is 6.42. The van der Waals surface area contributed by atoms with Crippen molar-refractivity contribution in [2.24, 2.45) is 5.92 Å². The Bertz CT molecular complexity index is 748. The van der Waals surface area contributed by atoms with Gasteiger partial charge in [-0.3, -0.25) is 4.79 Å². The largest absolute Gasteiger partial charge is 0.466 e. The molecule has 1 amide bonds. The molecule has 0 bridgehead atoms. The second kappa shape index (κ2) is 6.07. The summed E-state index contributed by atoms with van der Waals surface area (Å²) in [6.07, 6.45) is 3.26. The average Bonchev–Trinajstić information content (AvgIpc) is 3.03. The standard InChI is InChI=1S/C18H24N4O2/c1-3-16-19-20-17-11-21(8-9-22(16)17)18(23)7-5-13-4-6-15(24-13)14-10-12(14)2/h4,6,12,14H,3,5,7-11H2,1-2H3. The van der Waals surface area contributed by atoms with Crippen LogP contribution in [0.25, 0.3) is 0 Å². The van der Waals surface area contributed by atoms with Gasteiger partial charge < -0.3 is 13.9 Å². The minimum Gasteiger partial charge on any atom is -0.466 e. The zero-order valence-corrected chi connectivity index (χ0v) is 14.4. The highest BCUT2D eigenvalue weighted by molar-refractivity contribution is 5.76. The fourth-order valence-corrected chi connectivity index (χ4v) is 3.53. The summed E-state index contributed by atoms with van der Waals surface area (Å²) in [6, 6.07) is 4.09. The van der Waals surface area contributed by atoms with E-state index in [1.165, 1.54) is 6.42 Å². The smallest absolute Gasteiger partial charge is 0.223 e. The maximum absolute atomic E-state index is 12.5.